The number of quaternary nitrogens is 1. The molecule has 0 atom stereocenters. The van der Waals surface area contributed by atoms with E-state index in [1.54, 1.807) is 0 Å². The average Bonchev–Trinajstić information content (AvgIpc) is 2.86. The Balaban J connectivity index is -0.000000273. The van der Waals surface area contributed by atoms with Crippen molar-refractivity contribution in [1.82, 2.24) is 0 Å². The molecule has 0 fully saturated rings. The minimum Gasteiger partial charge on any atom is -0.625 e. The van der Waals surface area contributed by atoms with Gasteiger partial charge in [-0.3, -0.25) is 28.8 Å². The Morgan fingerprint density at radius 1 is 0.409 bits per heavy atom. The second-order valence-electron chi connectivity index (χ2n) is 10.2. The van der Waals surface area contributed by atoms with E-state index in [2.05, 4.69) is 55.6 Å². The van der Waals surface area contributed by atoms with E-state index in [4.69, 9.17) is 0 Å². The predicted octanol–water partition coefficient (Wildman–Crippen LogP) is 0.793. The van der Waals surface area contributed by atoms with E-state index in [9.17, 15) is 28.8 Å². The van der Waals surface area contributed by atoms with Crippen LogP contribution in [0.5, 0.6) is 0 Å². The van der Waals surface area contributed by atoms with Crippen LogP contribution >= 0.6 is 0 Å². The molecule has 0 heterocycles. The second-order valence-corrected chi connectivity index (χ2v) is 10.2. The quantitative estimate of drug-likeness (QED) is 0.153. The summed E-state index contributed by atoms with van der Waals surface area (Å²) < 4.78 is 28.0. The first-order chi connectivity index (χ1) is 20.1. The Hall–Kier alpha value is -2.09. The third kappa shape index (κ3) is 34.4. The fourth-order valence-electron chi connectivity index (χ4n) is 3.82. The molecule has 16 heteroatoms. The number of hydrogen-bond donors (Lipinski definition) is 0. The number of rotatable bonds is 18. The predicted molar refractivity (Wildman–Crippen MR) is 164 cm³/mol. The third-order valence-electron chi connectivity index (χ3n) is 5.87. The summed E-state index contributed by atoms with van der Waals surface area (Å²) in [6, 6.07) is 0. The van der Waals surface area contributed by atoms with Gasteiger partial charge >= 0.3 is 44.2 Å². The second kappa shape index (κ2) is 30.9. The SMILES string of the molecule is CC(=O)O[BH-](OC(C)=O)OC(C)=O.CC(=O)O[BH-](OC(C)=O)OC(C)=O.CCCC[N+](CCCC)(CCCC)CCCC.[Na+]. The van der Waals surface area contributed by atoms with Gasteiger partial charge in [-0.1, -0.05) is 53.4 Å². The van der Waals surface area contributed by atoms with Crippen LogP contribution in [0.4, 0.5) is 0 Å². The first-order valence-electron chi connectivity index (χ1n) is 15.3. The standard InChI is InChI=1S/C16H36N.2C6H10BO6.Na/c1-5-9-13-17(14-10-6-2,15-11-7-3)16-12-8-4;2*1-4(8)11-7(12-5(2)9)13-6(3)10;/h5-16H2,1-4H3;2*7H,1-3H3;/q+1;2*-1;+1. The maximum absolute atomic E-state index is 10.4. The normalized spacial score (nSPS) is 10.1. The molecule has 0 aromatic rings. The Kier molecular flexibility index (Phi) is 34.3. The maximum atomic E-state index is 10.4. The maximum Gasteiger partial charge on any atom is 1.00 e. The summed E-state index contributed by atoms with van der Waals surface area (Å²) in [5.74, 6) is -4.07. The summed E-state index contributed by atoms with van der Waals surface area (Å²) in [6.45, 7) is 21.7. The van der Waals surface area contributed by atoms with Crippen molar-refractivity contribution < 1.29 is 90.7 Å². The summed E-state index contributed by atoms with van der Waals surface area (Å²) >= 11 is 0. The number of unbranched alkanes of at least 4 members (excludes halogenated alkanes) is 4. The molecule has 0 aliphatic heterocycles. The molecule has 0 saturated carbocycles. The van der Waals surface area contributed by atoms with Crippen LogP contribution in [0, 0.1) is 0 Å². The van der Waals surface area contributed by atoms with Crippen molar-refractivity contribution in [2.75, 3.05) is 26.2 Å². The number of hydrogen-bond acceptors (Lipinski definition) is 12. The molecule has 0 bridgehead atoms. The Bertz CT molecular complexity index is 671. The minimum atomic E-state index is -2.41. The smallest absolute Gasteiger partial charge is 0.625 e. The van der Waals surface area contributed by atoms with Crippen LogP contribution in [0.1, 0.15) is 121 Å². The largest absolute Gasteiger partial charge is 1.00 e. The zero-order chi connectivity index (χ0) is 33.8. The van der Waals surface area contributed by atoms with E-state index in [1.165, 1.54) is 82.0 Å². The van der Waals surface area contributed by atoms with Crippen LogP contribution in [0.2, 0.25) is 0 Å². The Labute approximate surface area is 286 Å². The van der Waals surface area contributed by atoms with Crippen LogP contribution in [-0.2, 0) is 56.7 Å². The van der Waals surface area contributed by atoms with Crippen molar-refractivity contribution >= 4 is 50.5 Å². The zero-order valence-electron chi connectivity index (χ0n) is 29.2. The van der Waals surface area contributed by atoms with Gasteiger partial charge in [-0.2, -0.15) is 0 Å². The van der Waals surface area contributed by atoms with Crippen molar-refractivity contribution in [1.29, 1.82) is 0 Å². The zero-order valence-corrected chi connectivity index (χ0v) is 31.2. The van der Waals surface area contributed by atoms with Gasteiger partial charge in [0.2, 0.25) is 0 Å². The fraction of sp³-hybridized carbons (Fsp3) is 0.786. The van der Waals surface area contributed by atoms with Crippen LogP contribution < -0.4 is 29.6 Å². The molecule has 0 rings (SSSR count). The van der Waals surface area contributed by atoms with Crippen molar-refractivity contribution in [3.63, 3.8) is 0 Å². The Morgan fingerprint density at radius 2 is 0.568 bits per heavy atom. The summed E-state index contributed by atoms with van der Waals surface area (Å²) in [5.41, 5.74) is 0. The molecular weight excluding hydrogens is 587 g/mol. The number of nitrogens with zero attached hydrogens (tertiary/aromatic N) is 1. The van der Waals surface area contributed by atoms with Crippen LogP contribution in [0.15, 0.2) is 0 Å². The van der Waals surface area contributed by atoms with Crippen LogP contribution in [0.3, 0.4) is 0 Å². The molecule has 0 aliphatic rings. The van der Waals surface area contributed by atoms with E-state index < -0.39 is 50.5 Å². The molecule has 0 aliphatic carbocycles. The van der Waals surface area contributed by atoms with E-state index in [0.717, 1.165) is 41.5 Å². The molecular formula is C28H56B2NNaO12. The molecule has 252 valence electrons. The molecule has 0 amide bonds. The van der Waals surface area contributed by atoms with E-state index in [0.29, 0.717) is 0 Å². The summed E-state index contributed by atoms with van der Waals surface area (Å²) in [6.07, 6.45) is 11.1. The third-order valence-corrected chi connectivity index (χ3v) is 5.87. The molecule has 0 aromatic carbocycles. The number of carbonyl (C=O) groups is 6. The molecule has 13 nitrogen and oxygen atoms in total. The number of carbonyl (C=O) groups excluding carboxylic acids is 6. The Morgan fingerprint density at radius 3 is 0.682 bits per heavy atom. The molecule has 0 unspecified atom stereocenters. The van der Waals surface area contributed by atoms with Gasteiger partial charge in [-0.15, -0.1) is 0 Å². The van der Waals surface area contributed by atoms with Crippen molar-refractivity contribution in [2.24, 2.45) is 0 Å². The van der Waals surface area contributed by atoms with Crippen molar-refractivity contribution in [2.45, 2.75) is 121 Å². The van der Waals surface area contributed by atoms with Gasteiger partial charge in [-0.25, -0.2) is 0 Å². The summed E-state index contributed by atoms with van der Waals surface area (Å²) in [5, 5.41) is 0. The van der Waals surface area contributed by atoms with Gasteiger partial charge in [0.25, 0.3) is 35.8 Å². The van der Waals surface area contributed by atoms with E-state index in [-0.39, 0.29) is 29.6 Å². The average molecular weight is 643 g/mol. The van der Waals surface area contributed by atoms with E-state index >= 15 is 0 Å². The summed E-state index contributed by atoms with van der Waals surface area (Å²) in [4.78, 5) is 62.6. The van der Waals surface area contributed by atoms with Crippen LogP contribution in [0.25, 0.3) is 0 Å². The molecule has 0 N–H and O–H groups in total. The molecule has 0 radical (unpaired) electrons. The van der Waals surface area contributed by atoms with Gasteiger partial charge in [0.05, 0.1) is 26.2 Å². The molecule has 44 heavy (non-hydrogen) atoms. The van der Waals surface area contributed by atoms with Crippen molar-refractivity contribution in [3.05, 3.63) is 0 Å². The summed E-state index contributed by atoms with van der Waals surface area (Å²) in [7, 11) is -4.82. The van der Waals surface area contributed by atoms with Gasteiger partial charge in [0.15, 0.2) is 0 Å². The van der Waals surface area contributed by atoms with E-state index in [1.807, 2.05) is 0 Å². The molecule has 0 saturated heterocycles. The minimum absolute atomic E-state index is 0. The van der Waals surface area contributed by atoms with Gasteiger partial charge in [-0.05, 0) is 25.7 Å². The molecule has 0 spiro atoms. The van der Waals surface area contributed by atoms with Gasteiger partial charge < -0.3 is 32.4 Å². The topological polar surface area (TPSA) is 158 Å². The first-order valence-corrected chi connectivity index (χ1v) is 15.3. The molecule has 0 aromatic heterocycles. The van der Waals surface area contributed by atoms with Crippen LogP contribution in [-0.4, -0.2) is 81.1 Å². The fourth-order valence-corrected chi connectivity index (χ4v) is 3.82. The van der Waals surface area contributed by atoms with Gasteiger partial charge in [0, 0.05) is 41.5 Å². The van der Waals surface area contributed by atoms with Gasteiger partial charge in [0.1, 0.15) is 0 Å². The van der Waals surface area contributed by atoms with Crippen molar-refractivity contribution in [3.8, 4) is 0 Å². The first kappa shape index (κ1) is 48.8. The monoisotopic (exact) mass is 643 g/mol.